The van der Waals surface area contributed by atoms with Crippen LogP contribution in [0.3, 0.4) is 0 Å². The molecule has 14 heteroatoms. The maximum absolute atomic E-state index is 13.3. The summed E-state index contributed by atoms with van der Waals surface area (Å²) in [6.45, 7) is -1.26. The van der Waals surface area contributed by atoms with Crippen molar-refractivity contribution in [3.05, 3.63) is 102 Å². The lowest BCUT2D eigenvalue weighted by molar-refractivity contribution is -0.131. The van der Waals surface area contributed by atoms with Gasteiger partial charge in [0.25, 0.3) is 5.91 Å². The molecule has 2 heterocycles. The van der Waals surface area contributed by atoms with Gasteiger partial charge >= 0.3 is 6.61 Å². The number of rotatable bonds is 13. The van der Waals surface area contributed by atoms with Gasteiger partial charge in [0.05, 0.1) is 54.1 Å². The van der Waals surface area contributed by atoms with Crippen molar-refractivity contribution >= 4 is 21.4 Å². The maximum Gasteiger partial charge on any atom is 0.345 e. The van der Waals surface area contributed by atoms with Gasteiger partial charge in [-0.05, 0) is 66.2 Å². The summed E-state index contributed by atoms with van der Waals surface area (Å²) < 4.78 is 75.7. The molecule has 0 radical (unpaired) electrons. The first-order chi connectivity index (χ1) is 22.6. The fraction of sp³-hybridized carbons (Fsp3) is 0.303. The zero-order valence-corrected chi connectivity index (χ0v) is 26.1. The van der Waals surface area contributed by atoms with Crippen molar-refractivity contribution in [3.8, 4) is 17.5 Å². The second kappa shape index (κ2) is 14.7. The number of carbonyl (C=O) groups is 1. The van der Waals surface area contributed by atoms with Crippen LogP contribution in [0.4, 0.5) is 18.9 Å². The van der Waals surface area contributed by atoms with Crippen molar-refractivity contribution in [2.24, 2.45) is 0 Å². The largest absolute Gasteiger partial charge is 0.489 e. The Morgan fingerprint density at radius 2 is 1.72 bits per heavy atom. The monoisotopic (exact) mass is 667 g/mol. The molecular formula is C33H32F3N5O5S. The molecular weight excluding hydrogens is 635 g/mol. The van der Waals surface area contributed by atoms with Crippen LogP contribution in [-0.4, -0.2) is 61.8 Å². The van der Waals surface area contributed by atoms with Gasteiger partial charge in [0.1, 0.15) is 11.9 Å². The van der Waals surface area contributed by atoms with Crippen molar-refractivity contribution in [1.29, 1.82) is 5.26 Å². The number of sulfone groups is 1. The molecule has 1 saturated heterocycles. The van der Waals surface area contributed by atoms with E-state index in [4.69, 9.17) is 4.74 Å². The minimum absolute atomic E-state index is 0.0325. The summed E-state index contributed by atoms with van der Waals surface area (Å²) in [6, 6.07) is 21.8. The number of amides is 1. The van der Waals surface area contributed by atoms with E-state index in [0.29, 0.717) is 41.2 Å². The topological polar surface area (TPSA) is 127 Å². The van der Waals surface area contributed by atoms with Gasteiger partial charge < -0.3 is 19.7 Å². The highest BCUT2D eigenvalue weighted by molar-refractivity contribution is 7.91. The highest BCUT2D eigenvalue weighted by Gasteiger charge is 2.34. The van der Waals surface area contributed by atoms with E-state index < -0.39 is 40.4 Å². The van der Waals surface area contributed by atoms with E-state index in [1.165, 1.54) is 29.1 Å². The second-order valence-corrected chi connectivity index (χ2v) is 13.1. The Morgan fingerprint density at radius 3 is 2.32 bits per heavy atom. The molecule has 0 saturated carbocycles. The number of ether oxygens (including phenoxy) is 2. The summed E-state index contributed by atoms with van der Waals surface area (Å²) in [5.41, 5.74) is 2.21. The van der Waals surface area contributed by atoms with Gasteiger partial charge in [-0.3, -0.25) is 4.79 Å². The SMILES string of the molecule is CCS(=O)(=O)c1ccc([C@H](CC#N)NC(=O)c2ccc(N3C[C@@H](Oc4ccc(-n5ccc(F)n5)cc4)C[C@H]3COC(F)F)cc2)cc1. The van der Waals surface area contributed by atoms with Crippen LogP contribution in [0.2, 0.25) is 0 Å². The van der Waals surface area contributed by atoms with E-state index >= 15 is 0 Å². The minimum Gasteiger partial charge on any atom is -0.489 e. The third-order valence-electron chi connectivity index (χ3n) is 7.83. The minimum atomic E-state index is -3.39. The number of nitriles is 1. The van der Waals surface area contributed by atoms with E-state index in [0.717, 1.165) is 0 Å². The number of aromatic nitrogens is 2. The first-order valence-corrected chi connectivity index (χ1v) is 16.5. The normalized spacial score (nSPS) is 17.0. The van der Waals surface area contributed by atoms with E-state index in [1.54, 1.807) is 67.6 Å². The van der Waals surface area contributed by atoms with Crippen LogP contribution in [0.5, 0.6) is 5.75 Å². The van der Waals surface area contributed by atoms with Crippen LogP contribution in [0.25, 0.3) is 5.69 Å². The Kier molecular flexibility index (Phi) is 10.5. The van der Waals surface area contributed by atoms with Crippen LogP contribution in [0.1, 0.15) is 41.7 Å². The highest BCUT2D eigenvalue weighted by Crippen LogP contribution is 2.30. The van der Waals surface area contributed by atoms with Gasteiger partial charge in [-0.25, -0.2) is 13.1 Å². The Morgan fingerprint density at radius 1 is 1.04 bits per heavy atom. The lowest BCUT2D eigenvalue weighted by Crippen LogP contribution is -2.34. The first-order valence-electron chi connectivity index (χ1n) is 14.8. The summed E-state index contributed by atoms with van der Waals surface area (Å²) in [4.78, 5) is 15.2. The number of hydrogen-bond donors (Lipinski definition) is 1. The van der Waals surface area contributed by atoms with E-state index in [9.17, 15) is 31.6 Å². The Hall–Kier alpha value is -4.87. The highest BCUT2D eigenvalue weighted by atomic mass is 32.2. The molecule has 246 valence electrons. The number of nitrogens with one attached hydrogen (secondary N) is 1. The lowest BCUT2D eigenvalue weighted by atomic mass is 10.0. The predicted octanol–water partition coefficient (Wildman–Crippen LogP) is 5.46. The molecule has 1 fully saturated rings. The molecule has 1 amide bonds. The molecule has 10 nitrogen and oxygen atoms in total. The fourth-order valence-corrected chi connectivity index (χ4v) is 6.28. The molecule has 3 atom stereocenters. The number of hydrogen-bond acceptors (Lipinski definition) is 8. The van der Waals surface area contributed by atoms with Crippen LogP contribution in [0.15, 0.2) is 90.0 Å². The van der Waals surface area contributed by atoms with Gasteiger partial charge in [-0.2, -0.15) is 18.4 Å². The van der Waals surface area contributed by atoms with Crippen molar-refractivity contribution in [1.82, 2.24) is 15.1 Å². The molecule has 3 aromatic carbocycles. The maximum atomic E-state index is 13.3. The molecule has 1 N–H and O–H groups in total. The van der Waals surface area contributed by atoms with Crippen molar-refractivity contribution < 1.29 is 35.9 Å². The molecule has 4 aromatic rings. The molecule has 47 heavy (non-hydrogen) atoms. The average Bonchev–Trinajstić information content (AvgIpc) is 3.69. The van der Waals surface area contributed by atoms with Gasteiger partial charge in [-0.1, -0.05) is 19.1 Å². The fourth-order valence-electron chi connectivity index (χ4n) is 5.40. The molecule has 1 aliphatic heterocycles. The molecule has 1 aromatic heterocycles. The van der Waals surface area contributed by atoms with Crippen molar-refractivity contribution in [3.63, 3.8) is 0 Å². The molecule has 0 aliphatic carbocycles. The van der Waals surface area contributed by atoms with Crippen LogP contribution < -0.4 is 15.0 Å². The third kappa shape index (κ3) is 8.30. The number of alkyl halides is 2. The lowest BCUT2D eigenvalue weighted by Gasteiger charge is -2.26. The van der Waals surface area contributed by atoms with Gasteiger partial charge in [0.2, 0.25) is 5.95 Å². The number of anilines is 1. The second-order valence-electron chi connectivity index (χ2n) is 10.9. The predicted molar refractivity (Wildman–Crippen MR) is 167 cm³/mol. The standard InChI is InChI=1S/C33H32F3N5O5S/c1-2-47(43,44)29-13-5-22(6-14-29)30(15-17-37)38-32(42)23-3-7-24(8-4-23)40-20-28(19-26(40)21-45-33(35)36)46-27-11-9-25(10-12-27)41-18-16-31(34)39-41/h3-14,16,18,26,28,30,33H,2,15,19-21H2,1H3,(H,38,42)/t26-,28-,30-/m0/s1. The Labute approximate surface area is 270 Å². The average molecular weight is 668 g/mol. The molecule has 0 spiro atoms. The molecule has 0 unspecified atom stereocenters. The number of nitrogens with zero attached hydrogens (tertiary/aromatic N) is 4. The van der Waals surface area contributed by atoms with Gasteiger partial charge in [-0.15, -0.1) is 5.10 Å². The summed E-state index contributed by atoms with van der Waals surface area (Å²) in [6.07, 6.45) is 1.50. The van der Waals surface area contributed by atoms with Crippen LogP contribution in [0, 0.1) is 17.3 Å². The molecule has 5 rings (SSSR count). The van der Waals surface area contributed by atoms with Crippen LogP contribution in [-0.2, 0) is 14.6 Å². The van der Waals surface area contributed by atoms with E-state index in [-0.39, 0.29) is 29.8 Å². The van der Waals surface area contributed by atoms with Gasteiger partial charge in [0.15, 0.2) is 9.84 Å². The first kappa shape index (κ1) is 33.5. The molecule has 0 bridgehead atoms. The van der Waals surface area contributed by atoms with Crippen molar-refractivity contribution in [2.75, 3.05) is 23.8 Å². The third-order valence-corrected chi connectivity index (χ3v) is 9.59. The molecule has 1 aliphatic rings. The zero-order valence-electron chi connectivity index (χ0n) is 25.3. The van der Waals surface area contributed by atoms with Crippen LogP contribution >= 0.6 is 0 Å². The Balaban J connectivity index is 1.26. The summed E-state index contributed by atoms with van der Waals surface area (Å²) >= 11 is 0. The van der Waals surface area contributed by atoms with E-state index in [1.807, 2.05) is 11.0 Å². The number of benzene rings is 3. The van der Waals surface area contributed by atoms with Crippen molar-refractivity contribution in [2.45, 2.75) is 49.5 Å². The smallest absolute Gasteiger partial charge is 0.345 e. The number of carbonyl (C=O) groups excluding carboxylic acids is 1. The summed E-state index contributed by atoms with van der Waals surface area (Å²) in [7, 11) is -3.39. The van der Waals surface area contributed by atoms with Gasteiger partial charge in [0, 0.05) is 29.9 Å². The quantitative estimate of drug-likeness (QED) is 0.199. The Bertz CT molecular complexity index is 1810. The summed E-state index contributed by atoms with van der Waals surface area (Å²) in [5.74, 6) is -0.540. The van der Waals surface area contributed by atoms with E-state index in [2.05, 4.69) is 15.2 Å². The zero-order chi connectivity index (χ0) is 33.6. The summed E-state index contributed by atoms with van der Waals surface area (Å²) in [5, 5.41) is 15.9. The number of halogens is 3.